The van der Waals surface area contributed by atoms with Gasteiger partial charge in [0.25, 0.3) is 0 Å². The highest BCUT2D eigenvalue weighted by atomic mass is 15.5. The van der Waals surface area contributed by atoms with E-state index >= 15 is 0 Å². The smallest absolute Gasteiger partial charge is 0.0826 e. The van der Waals surface area contributed by atoms with Crippen molar-refractivity contribution in [3.63, 3.8) is 0 Å². The summed E-state index contributed by atoms with van der Waals surface area (Å²) in [4.78, 5) is 0. The summed E-state index contributed by atoms with van der Waals surface area (Å²) in [5.41, 5.74) is 2.00. The normalized spacial score (nSPS) is 9.33. The van der Waals surface area contributed by atoms with Crippen molar-refractivity contribution in [2.45, 2.75) is 0 Å². The number of hydrogen-bond acceptors (Lipinski definition) is 3. The highest BCUT2D eigenvalue weighted by molar-refractivity contribution is 4.01. The molecule has 0 bridgehead atoms. The Kier molecular flexibility index (Phi) is 10.1. The predicted octanol–water partition coefficient (Wildman–Crippen LogP) is -1.92. The van der Waals surface area contributed by atoms with E-state index in [9.17, 15) is 0 Å². The molecule has 0 aromatic rings. The third-order valence-corrected chi connectivity index (χ3v) is 0.516. The molecule has 0 heterocycles. The zero-order valence-electron chi connectivity index (χ0n) is 7.05. The molecule has 0 aliphatic rings. The number of nitrogens with two attached hydrogens (primary N) is 2. The van der Waals surface area contributed by atoms with E-state index in [2.05, 4.69) is 0 Å². The topological polar surface area (TPSA) is 49.1 Å². The monoisotopic (exact) mass is 135 g/mol. The standard InChI is InChI=1S/C3H10N2.C2H8N2/c1-4-5(2)3;1-4(2)3/h4H,1-3H3;3H2,1-2H3/p+1. The van der Waals surface area contributed by atoms with Gasteiger partial charge in [-0.15, -0.1) is 0 Å². The van der Waals surface area contributed by atoms with E-state index in [1.807, 2.05) is 31.6 Å². The van der Waals surface area contributed by atoms with E-state index in [0.717, 1.165) is 0 Å². The first-order valence-corrected chi connectivity index (χ1v) is 2.88. The second-order valence-electron chi connectivity index (χ2n) is 2.19. The van der Waals surface area contributed by atoms with E-state index in [1.165, 1.54) is 5.01 Å². The van der Waals surface area contributed by atoms with E-state index in [-0.39, 0.29) is 0 Å². The molecule has 0 aliphatic carbocycles. The fourth-order valence-electron chi connectivity index (χ4n) is 0. The highest BCUT2D eigenvalue weighted by Gasteiger charge is 1.73. The van der Waals surface area contributed by atoms with E-state index in [0.29, 0.717) is 0 Å². The fourth-order valence-corrected chi connectivity index (χ4v) is 0. The first-order valence-electron chi connectivity index (χ1n) is 2.88. The average molecular weight is 135 g/mol. The minimum Gasteiger partial charge on any atom is -0.269 e. The first kappa shape index (κ1) is 11.6. The van der Waals surface area contributed by atoms with Crippen LogP contribution in [0.4, 0.5) is 0 Å². The van der Waals surface area contributed by atoms with Gasteiger partial charge in [0.1, 0.15) is 0 Å². The average Bonchev–Trinajstić information content (AvgIpc) is 1.65. The van der Waals surface area contributed by atoms with Gasteiger partial charge in [0.2, 0.25) is 0 Å². The van der Waals surface area contributed by atoms with Gasteiger partial charge in [-0.05, 0) is 0 Å². The zero-order chi connectivity index (χ0) is 7.86. The van der Waals surface area contributed by atoms with Gasteiger partial charge >= 0.3 is 0 Å². The Morgan fingerprint density at radius 1 is 1.11 bits per heavy atom. The second-order valence-corrected chi connectivity index (χ2v) is 2.19. The minimum absolute atomic E-state index is 1.50. The Bertz CT molecular complexity index is 41.5. The molecule has 0 atom stereocenters. The van der Waals surface area contributed by atoms with E-state index < -0.39 is 0 Å². The molecular weight excluding hydrogens is 116 g/mol. The van der Waals surface area contributed by atoms with Gasteiger partial charge in [-0.25, -0.2) is 0 Å². The van der Waals surface area contributed by atoms with Gasteiger partial charge < -0.3 is 0 Å². The van der Waals surface area contributed by atoms with Crippen molar-refractivity contribution >= 4 is 0 Å². The maximum absolute atomic E-state index is 4.94. The lowest BCUT2D eigenvalue weighted by molar-refractivity contribution is -0.772. The van der Waals surface area contributed by atoms with Crippen LogP contribution in [0.5, 0.6) is 0 Å². The van der Waals surface area contributed by atoms with Crippen LogP contribution in [0.2, 0.25) is 0 Å². The molecule has 0 aliphatic heterocycles. The number of hydrogen-bond donors (Lipinski definition) is 2. The third-order valence-electron chi connectivity index (χ3n) is 0.516. The summed E-state index contributed by atoms with van der Waals surface area (Å²) in [5.74, 6) is 4.94. The second kappa shape index (κ2) is 7.84. The Morgan fingerprint density at radius 2 is 1.22 bits per heavy atom. The number of quaternary nitrogens is 1. The zero-order valence-corrected chi connectivity index (χ0v) is 7.05. The van der Waals surface area contributed by atoms with E-state index in [4.69, 9.17) is 5.84 Å². The molecule has 0 saturated carbocycles. The number of nitrogens with zero attached hydrogens (tertiary/aromatic N) is 2. The minimum atomic E-state index is 1.50. The van der Waals surface area contributed by atoms with Gasteiger partial charge in [-0.2, -0.15) is 5.01 Å². The van der Waals surface area contributed by atoms with Crippen molar-refractivity contribution in [2.24, 2.45) is 5.84 Å². The molecule has 0 fully saturated rings. The van der Waals surface area contributed by atoms with Crippen LogP contribution < -0.4 is 11.3 Å². The SMILES string of the molecule is CN(C)N.C[NH2+]N(C)C. The van der Waals surface area contributed by atoms with Crippen molar-refractivity contribution in [1.29, 1.82) is 0 Å². The summed E-state index contributed by atoms with van der Waals surface area (Å²) in [6, 6.07) is 0. The quantitative estimate of drug-likeness (QED) is 0.325. The molecule has 0 aromatic carbocycles. The fraction of sp³-hybridized carbons (Fsp3) is 1.00. The molecule has 4 nitrogen and oxygen atoms in total. The summed E-state index contributed by atoms with van der Waals surface area (Å²) in [6.07, 6.45) is 0. The van der Waals surface area contributed by atoms with Crippen LogP contribution in [0, 0.1) is 0 Å². The number of hydrazine groups is 1. The van der Waals surface area contributed by atoms with Crippen molar-refractivity contribution in [1.82, 2.24) is 10.0 Å². The van der Waals surface area contributed by atoms with Crippen LogP contribution in [0.1, 0.15) is 0 Å². The molecule has 58 valence electrons. The van der Waals surface area contributed by atoms with Crippen molar-refractivity contribution < 1.29 is 5.43 Å². The van der Waals surface area contributed by atoms with Crippen LogP contribution >= 0.6 is 0 Å². The third kappa shape index (κ3) is 79.0. The summed E-state index contributed by atoms with van der Waals surface area (Å²) in [7, 11) is 9.56. The van der Waals surface area contributed by atoms with Crippen LogP contribution in [-0.2, 0) is 0 Å². The summed E-state index contributed by atoms with van der Waals surface area (Å²) >= 11 is 0. The summed E-state index contributed by atoms with van der Waals surface area (Å²) < 4.78 is 0. The molecule has 0 unspecified atom stereocenters. The molecule has 4 heteroatoms. The molecule has 0 rings (SSSR count). The summed E-state index contributed by atoms with van der Waals surface area (Å²) in [5, 5.41) is 3.50. The Labute approximate surface area is 57.6 Å². The molecule has 0 saturated heterocycles. The van der Waals surface area contributed by atoms with Gasteiger partial charge in [-0.3, -0.25) is 16.3 Å². The Balaban J connectivity index is 0. The maximum Gasteiger partial charge on any atom is 0.0826 e. The van der Waals surface area contributed by atoms with Gasteiger partial charge in [0.05, 0.1) is 7.05 Å². The van der Waals surface area contributed by atoms with Crippen LogP contribution in [-0.4, -0.2) is 45.3 Å². The molecular formula is C5H19N4+. The van der Waals surface area contributed by atoms with Crippen molar-refractivity contribution in [2.75, 3.05) is 35.2 Å². The Morgan fingerprint density at radius 3 is 1.22 bits per heavy atom. The number of rotatable bonds is 1. The van der Waals surface area contributed by atoms with E-state index in [1.54, 1.807) is 14.1 Å². The van der Waals surface area contributed by atoms with Crippen LogP contribution in [0.3, 0.4) is 0 Å². The first-order chi connectivity index (χ1) is 4.00. The molecule has 0 amide bonds. The largest absolute Gasteiger partial charge is 0.269 e. The van der Waals surface area contributed by atoms with Crippen molar-refractivity contribution in [3.8, 4) is 0 Å². The van der Waals surface area contributed by atoms with Gasteiger partial charge in [0, 0.05) is 28.2 Å². The van der Waals surface area contributed by atoms with Gasteiger partial charge in [-0.1, -0.05) is 0 Å². The molecule has 9 heavy (non-hydrogen) atoms. The van der Waals surface area contributed by atoms with Crippen molar-refractivity contribution in [3.05, 3.63) is 0 Å². The van der Waals surface area contributed by atoms with Crippen LogP contribution in [0.25, 0.3) is 0 Å². The lowest BCUT2D eigenvalue weighted by Gasteiger charge is -1.98. The van der Waals surface area contributed by atoms with Crippen LogP contribution in [0.15, 0.2) is 0 Å². The lowest BCUT2D eigenvalue weighted by atomic mass is 11.1. The molecule has 0 aromatic heterocycles. The lowest BCUT2D eigenvalue weighted by Crippen LogP contribution is -2.88. The molecule has 4 N–H and O–H groups in total. The highest BCUT2D eigenvalue weighted by Crippen LogP contribution is 1.37. The predicted molar refractivity (Wildman–Crippen MR) is 39.4 cm³/mol. The maximum atomic E-state index is 4.94. The van der Waals surface area contributed by atoms with Gasteiger partial charge in [0.15, 0.2) is 0 Å². The molecule has 0 spiro atoms. The Hall–Kier alpha value is -0.160. The summed E-state index contributed by atoms with van der Waals surface area (Å²) in [6.45, 7) is 0. The molecule has 0 radical (unpaired) electrons.